The van der Waals surface area contributed by atoms with Gasteiger partial charge >= 0.3 is 0 Å². The first kappa shape index (κ1) is 9.43. The SMILES string of the molecule is CC(CN)c1cnc2ccc(Cl)nn12. The fourth-order valence-electron chi connectivity index (χ4n) is 1.33. The summed E-state index contributed by atoms with van der Waals surface area (Å²) in [7, 11) is 0. The lowest BCUT2D eigenvalue weighted by Crippen LogP contribution is -2.11. The Hall–Kier alpha value is -1.13. The van der Waals surface area contributed by atoms with E-state index in [1.807, 2.05) is 13.0 Å². The van der Waals surface area contributed by atoms with E-state index in [-0.39, 0.29) is 5.92 Å². The van der Waals surface area contributed by atoms with Gasteiger partial charge in [-0.25, -0.2) is 9.50 Å². The molecule has 2 N–H and O–H groups in total. The van der Waals surface area contributed by atoms with Crippen LogP contribution < -0.4 is 5.73 Å². The largest absolute Gasteiger partial charge is 0.330 e. The standard InChI is InChI=1S/C9H11ClN4/c1-6(4-11)7-5-12-9-3-2-8(10)13-14(7)9/h2-3,5-6H,4,11H2,1H3. The van der Waals surface area contributed by atoms with Crippen LogP contribution in [0, 0.1) is 0 Å². The molecule has 2 aromatic heterocycles. The van der Waals surface area contributed by atoms with E-state index < -0.39 is 0 Å². The summed E-state index contributed by atoms with van der Waals surface area (Å²) in [6.45, 7) is 2.61. The van der Waals surface area contributed by atoms with Gasteiger partial charge in [-0.3, -0.25) is 0 Å². The van der Waals surface area contributed by atoms with Gasteiger partial charge in [0.05, 0.1) is 11.9 Å². The summed E-state index contributed by atoms with van der Waals surface area (Å²) < 4.78 is 1.74. The summed E-state index contributed by atoms with van der Waals surface area (Å²) >= 11 is 5.80. The first-order chi connectivity index (χ1) is 6.72. The van der Waals surface area contributed by atoms with Gasteiger partial charge in [0.2, 0.25) is 0 Å². The molecule has 0 aliphatic rings. The Morgan fingerprint density at radius 1 is 1.57 bits per heavy atom. The van der Waals surface area contributed by atoms with E-state index in [0.29, 0.717) is 11.7 Å². The van der Waals surface area contributed by atoms with Crippen LogP contribution in [0.2, 0.25) is 5.15 Å². The average Bonchev–Trinajstić information content (AvgIpc) is 2.59. The molecule has 2 rings (SSSR count). The zero-order valence-corrected chi connectivity index (χ0v) is 8.57. The third kappa shape index (κ3) is 1.47. The van der Waals surface area contributed by atoms with Crippen molar-refractivity contribution in [3.63, 3.8) is 0 Å². The van der Waals surface area contributed by atoms with E-state index in [1.54, 1.807) is 16.8 Å². The zero-order valence-electron chi connectivity index (χ0n) is 7.81. The van der Waals surface area contributed by atoms with Crippen LogP contribution >= 0.6 is 11.6 Å². The van der Waals surface area contributed by atoms with Crippen molar-refractivity contribution in [3.8, 4) is 0 Å². The molecule has 0 aliphatic carbocycles. The van der Waals surface area contributed by atoms with Crippen LogP contribution in [0.25, 0.3) is 5.65 Å². The molecule has 0 saturated carbocycles. The lowest BCUT2D eigenvalue weighted by Gasteiger charge is -2.06. The molecule has 14 heavy (non-hydrogen) atoms. The number of nitrogens with zero attached hydrogens (tertiary/aromatic N) is 3. The third-order valence-corrected chi connectivity index (χ3v) is 2.42. The van der Waals surface area contributed by atoms with Crippen molar-refractivity contribution in [3.05, 3.63) is 29.2 Å². The van der Waals surface area contributed by atoms with Crippen molar-refractivity contribution in [2.45, 2.75) is 12.8 Å². The van der Waals surface area contributed by atoms with Gasteiger partial charge in [0.1, 0.15) is 5.15 Å². The second-order valence-electron chi connectivity index (χ2n) is 3.25. The maximum atomic E-state index is 5.80. The number of nitrogens with two attached hydrogens (primary N) is 1. The number of halogens is 1. The van der Waals surface area contributed by atoms with Crippen molar-refractivity contribution < 1.29 is 0 Å². The summed E-state index contributed by atoms with van der Waals surface area (Å²) in [5, 5.41) is 4.63. The second kappa shape index (κ2) is 3.55. The van der Waals surface area contributed by atoms with Gasteiger partial charge in [0, 0.05) is 12.5 Å². The number of fused-ring (bicyclic) bond motifs is 1. The molecule has 0 spiro atoms. The van der Waals surface area contributed by atoms with Gasteiger partial charge in [-0.2, -0.15) is 5.10 Å². The first-order valence-corrected chi connectivity index (χ1v) is 4.80. The number of imidazole rings is 1. The molecule has 1 unspecified atom stereocenters. The Morgan fingerprint density at radius 2 is 2.36 bits per heavy atom. The highest BCUT2D eigenvalue weighted by Crippen LogP contribution is 2.16. The number of aromatic nitrogens is 3. The molecule has 2 aromatic rings. The number of hydrogen-bond donors (Lipinski definition) is 1. The molecule has 0 fully saturated rings. The predicted molar refractivity (Wildman–Crippen MR) is 55.5 cm³/mol. The van der Waals surface area contributed by atoms with E-state index in [2.05, 4.69) is 10.1 Å². The minimum atomic E-state index is 0.232. The van der Waals surface area contributed by atoms with Crippen LogP contribution in [0.5, 0.6) is 0 Å². The number of rotatable bonds is 2. The van der Waals surface area contributed by atoms with Gasteiger partial charge < -0.3 is 5.73 Å². The fraction of sp³-hybridized carbons (Fsp3) is 0.333. The molecule has 0 aromatic carbocycles. The average molecular weight is 211 g/mol. The smallest absolute Gasteiger partial charge is 0.153 e. The molecule has 0 bridgehead atoms. The van der Waals surface area contributed by atoms with Crippen LogP contribution in [0.4, 0.5) is 0 Å². The fourth-order valence-corrected chi connectivity index (χ4v) is 1.46. The van der Waals surface area contributed by atoms with E-state index in [4.69, 9.17) is 17.3 Å². The van der Waals surface area contributed by atoms with E-state index in [9.17, 15) is 0 Å². The molecule has 0 amide bonds. The Labute approximate surface area is 86.7 Å². The van der Waals surface area contributed by atoms with Crippen LogP contribution in [0.15, 0.2) is 18.3 Å². The molecular weight excluding hydrogens is 200 g/mol. The maximum absolute atomic E-state index is 5.80. The minimum absolute atomic E-state index is 0.232. The van der Waals surface area contributed by atoms with E-state index >= 15 is 0 Å². The normalized spacial score (nSPS) is 13.4. The zero-order chi connectivity index (χ0) is 10.1. The highest BCUT2D eigenvalue weighted by atomic mass is 35.5. The van der Waals surface area contributed by atoms with Crippen molar-refractivity contribution in [1.82, 2.24) is 14.6 Å². The molecule has 0 saturated heterocycles. The second-order valence-corrected chi connectivity index (χ2v) is 3.63. The van der Waals surface area contributed by atoms with E-state index in [1.165, 1.54) is 0 Å². The van der Waals surface area contributed by atoms with Crippen LogP contribution in [0.1, 0.15) is 18.5 Å². The van der Waals surface area contributed by atoms with Crippen molar-refractivity contribution in [2.75, 3.05) is 6.54 Å². The van der Waals surface area contributed by atoms with Crippen LogP contribution in [0.3, 0.4) is 0 Å². The summed E-state index contributed by atoms with van der Waals surface area (Å²) in [6, 6.07) is 3.56. The molecule has 1 atom stereocenters. The topological polar surface area (TPSA) is 56.2 Å². The Kier molecular flexibility index (Phi) is 2.39. The molecule has 0 aliphatic heterocycles. The van der Waals surface area contributed by atoms with Gasteiger partial charge in [0.25, 0.3) is 0 Å². The summed E-state index contributed by atoms with van der Waals surface area (Å²) in [6.07, 6.45) is 1.79. The summed E-state index contributed by atoms with van der Waals surface area (Å²) in [4.78, 5) is 4.22. The van der Waals surface area contributed by atoms with Gasteiger partial charge in [0.15, 0.2) is 5.65 Å². The van der Waals surface area contributed by atoms with Crippen LogP contribution in [-0.4, -0.2) is 21.1 Å². The quantitative estimate of drug-likeness (QED) is 0.816. The van der Waals surface area contributed by atoms with Gasteiger partial charge in [-0.1, -0.05) is 18.5 Å². The lowest BCUT2D eigenvalue weighted by molar-refractivity contribution is 0.707. The molecular formula is C9H11ClN4. The van der Waals surface area contributed by atoms with Gasteiger partial charge in [-0.05, 0) is 12.1 Å². The summed E-state index contributed by atoms with van der Waals surface area (Å²) in [5.74, 6) is 0.232. The molecule has 2 heterocycles. The van der Waals surface area contributed by atoms with E-state index in [0.717, 1.165) is 11.3 Å². The summed E-state index contributed by atoms with van der Waals surface area (Å²) in [5.41, 5.74) is 7.38. The monoisotopic (exact) mass is 210 g/mol. The van der Waals surface area contributed by atoms with Crippen molar-refractivity contribution in [2.24, 2.45) is 5.73 Å². The predicted octanol–water partition coefficient (Wildman–Crippen LogP) is 1.44. The minimum Gasteiger partial charge on any atom is -0.330 e. The molecule has 4 nitrogen and oxygen atoms in total. The maximum Gasteiger partial charge on any atom is 0.153 e. The number of hydrogen-bond acceptors (Lipinski definition) is 3. The van der Waals surface area contributed by atoms with Crippen LogP contribution in [-0.2, 0) is 0 Å². The third-order valence-electron chi connectivity index (χ3n) is 2.21. The van der Waals surface area contributed by atoms with Crippen molar-refractivity contribution in [1.29, 1.82) is 0 Å². The molecule has 74 valence electrons. The first-order valence-electron chi connectivity index (χ1n) is 4.42. The lowest BCUT2D eigenvalue weighted by atomic mass is 10.1. The Morgan fingerprint density at radius 3 is 3.07 bits per heavy atom. The molecule has 5 heteroatoms. The van der Waals surface area contributed by atoms with Crippen molar-refractivity contribution >= 4 is 17.2 Å². The Bertz CT molecular complexity index is 451. The Balaban J connectivity index is 2.61. The van der Waals surface area contributed by atoms with Gasteiger partial charge in [-0.15, -0.1) is 0 Å². The highest BCUT2D eigenvalue weighted by molar-refractivity contribution is 6.29. The highest BCUT2D eigenvalue weighted by Gasteiger charge is 2.10. The molecule has 0 radical (unpaired) electrons.